The molecule has 21 heavy (non-hydrogen) atoms. The maximum absolute atomic E-state index is 13.5. The second-order valence-electron chi connectivity index (χ2n) is 5.74. The quantitative estimate of drug-likeness (QED) is 0.538. The molecule has 0 amide bonds. The maximum atomic E-state index is 13.5. The molecule has 1 aliphatic carbocycles. The minimum atomic E-state index is -0.410. The Morgan fingerprint density at radius 1 is 1.38 bits per heavy atom. The molecule has 0 heterocycles. The zero-order valence-electron chi connectivity index (χ0n) is 12.4. The van der Waals surface area contributed by atoms with E-state index in [1.165, 1.54) is 30.7 Å². The summed E-state index contributed by atoms with van der Waals surface area (Å²) >= 11 is 1.33. The van der Waals surface area contributed by atoms with Gasteiger partial charge in [-0.1, -0.05) is 6.92 Å². The van der Waals surface area contributed by atoms with Gasteiger partial charge < -0.3 is 10.4 Å². The molecule has 1 atom stereocenters. The van der Waals surface area contributed by atoms with Gasteiger partial charge in [-0.15, -0.1) is 11.8 Å². The molecule has 0 radical (unpaired) electrons. The summed E-state index contributed by atoms with van der Waals surface area (Å²) < 4.78 is 26.6. The third-order valence-electron chi connectivity index (χ3n) is 4.02. The topological polar surface area (TPSA) is 32.3 Å². The van der Waals surface area contributed by atoms with Crippen molar-refractivity contribution in [2.24, 2.45) is 0 Å². The summed E-state index contributed by atoms with van der Waals surface area (Å²) in [7, 11) is 0. The lowest BCUT2D eigenvalue weighted by Crippen LogP contribution is -2.49. The normalized spacial score (nSPS) is 17.7. The highest BCUT2D eigenvalue weighted by Crippen LogP contribution is 2.29. The standard InChI is InChI=1S/C16H23F2NOS/c1-2-16(11-20,19-13-5-6-13)8-3-9-21-15-10-12(17)4-7-14(15)18/h4,7,10,13,19-20H,2-3,5-6,8-9,11H2,1H3. The average Bonchev–Trinajstić information content (AvgIpc) is 3.29. The Hall–Kier alpha value is -0.650. The van der Waals surface area contributed by atoms with Crippen LogP contribution in [0.2, 0.25) is 0 Å². The van der Waals surface area contributed by atoms with Crippen LogP contribution >= 0.6 is 11.8 Å². The van der Waals surface area contributed by atoms with Crippen molar-refractivity contribution in [3.63, 3.8) is 0 Å². The third kappa shape index (κ3) is 4.94. The number of aliphatic hydroxyl groups is 1. The first-order valence-electron chi connectivity index (χ1n) is 7.55. The van der Waals surface area contributed by atoms with E-state index < -0.39 is 5.82 Å². The van der Waals surface area contributed by atoms with Crippen molar-refractivity contribution in [1.29, 1.82) is 0 Å². The molecule has 2 N–H and O–H groups in total. The minimum Gasteiger partial charge on any atom is -0.394 e. The number of aliphatic hydroxyl groups excluding tert-OH is 1. The van der Waals surface area contributed by atoms with Gasteiger partial charge in [-0.05, 0) is 56.1 Å². The molecule has 0 saturated heterocycles. The SMILES string of the molecule is CCC(CO)(CCCSc1cc(F)ccc1F)NC1CC1. The van der Waals surface area contributed by atoms with E-state index in [0.717, 1.165) is 31.4 Å². The number of nitrogens with one attached hydrogen (secondary N) is 1. The van der Waals surface area contributed by atoms with Crippen LogP contribution in [-0.4, -0.2) is 29.0 Å². The summed E-state index contributed by atoms with van der Waals surface area (Å²) in [4.78, 5) is 0.358. The summed E-state index contributed by atoms with van der Waals surface area (Å²) in [6.45, 7) is 2.20. The molecule has 2 nitrogen and oxygen atoms in total. The molecule has 0 bridgehead atoms. The highest BCUT2D eigenvalue weighted by atomic mass is 32.2. The summed E-state index contributed by atoms with van der Waals surface area (Å²) in [5.74, 6) is -0.0666. The van der Waals surface area contributed by atoms with Crippen molar-refractivity contribution in [2.75, 3.05) is 12.4 Å². The van der Waals surface area contributed by atoms with Crippen LogP contribution in [0.4, 0.5) is 8.78 Å². The summed E-state index contributed by atoms with van der Waals surface area (Å²) in [5.41, 5.74) is -0.220. The molecule has 0 spiro atoms. The van der Waals surface area contributed by atoms with Gasteiger partial charge in [0, 0.05) is 16.5 Å². The van der Waals surface area contributed by atoms with E-state index in [1.807, 2.05) is 0 Å². The fourth-order valence-corrected chi connectivity index (χ4v) is 3.34. The molecule has 118 valence electrons. The Kier molecular flexibility index (Phi) is 6.02. The van der Waals surface area contributed by atoms with Crippen molar-refractivity contribution in [2.45, 2.75) is 55.5 Å². The number of hydrogen-bond acceptors (Lipinski definition) is 3. The fraction of sp³-hybridized carbons (Fsp3) is 0.625. The van der Waals surface area contributed by atoms with E-state index in [2.05, 4.69) is 12.2 Å². The zero-order valence-corrected chi connectivity index (χ0v) is 13.2. The predicted molar refractivity (Wildman–Crippen MR) is 82.6 cm³/mol. The van der Waals surface area contributed by atoms with Gasteiger partial charge in [0.25, 0.3) is 0 Å². The van der Waals surface area contributed by atoms with Gasteiger partial charge in [0.1, 0.15) is 11.6 Å². The molecule has 1 aromatic carbocycles. The molecule has 0 aromatic heterocycles. The summed E-state index contributed by atoms with van der Waals surface area (Å²) in [6, 6.07) is 4.08. The molecule has 1 fully saturated rings. The largest absolute Gasteiger partial charge is 0.394 e. The Bertz CT molecular complexity index is 462. The first-order chi connectivity index (χ1) is 10.1. The van der Waals surface area contributed by atoms with Crippen molar-refractivity contribution in [1.82, 2.24) is 5.32 Å². The Morgan fingerprint density at radius 3 is 2.76 bits per heavy atom. The first-order valence-corrected chi connectivity index (χ1v) is 8.53. The van der Waals surface area contributed by atoms with E-state index in [9.17, 15) is 13.9 Å². The minimum absolute atomic E-state index is 0.124. The van der Waals surface area contributed by atoms with Gasteiger partial charge in [-0.2, -0.15) is 0 Å². The smallest absolute Gasteiger partial charge is 0.136 e. The molecule has 2 rings (SSSR count). The monoisotopic (exact) mass is 315 g/mol. The molecule has 5 heteroatoms. The van der Waals surface area contributed by atoms with Gasteiger partial charge in [-0.25, -0.2) is 8.78 Å². The van der Waals surface area contributed by atoms with Crippen LogP contribution in [0.25, 0.3) is 0 Å². The van der Waals surface area contributed by atoms with E-state index in [4.69, 9.17) is 0 Å². The van der Waals surface area contributed by atoms with E-state index in [-0.39, 0.29) is 18.0 Å². The van der Waals surface area contributed by atoms with Crippen molar-refractivity contribution in [3.05, 3.63) is 29.8 Å². The molecular weight excluding hydrogens is 292 g/mol. The molecule has 0 aliphatic heterocycles. The molecular formula is C16H23F2NOS. The van der Waals surface area contributed by atoms with Crippen LogP contribution in [0.5, 0.6) is 0 Å². The maximum Gasteiger partial charge on any atom is 0.136 e. The van der Waals surface area contributed by atoms with E-state index in [0.29, 0.717) is 16.7 Å². The van der Waals surface area contributed by atoms with Crippen LogP contribution in [0.1, 0.15) is 39.0 Å². The summed E-state index contributed by atoms with van der Waals surface area (Å²) in [6.07, 6.45) is 4.95. The Labute approximate surface area is 129 Å². The van der Waals surface area contributed by atoms with Gasteiger partial charge in [0.05, 0.1) is 6.61 Å². The lowest BCUT2D eigenvalue weighted by Gasteiger charge is -2.32. The number of rotatable bonds is 9. The number of thioether (sulfide) groups is 1. The van der Waals surface area contributed by atoms with Gasteiger partial charge in [0.15, 0.2) is 0 Å². The highest BCUT2D eigenvalue weighted by molar-refractivity contribution is 7.99. The lowest BCUT2D eigenvalue weighted by atomic mass is 9.91. The Balaban J connectivity index is 1.80. The van der Waals surface area contributed by atoms with Gasteiger partial charge in [0.2, 0.25) is 0 Å². The average molecular weight is 315 g/mol. The van der Waals surface area contributed by atoms with Gasteiger partial charge in [-0.3, -0.25) is 0 Å². The second-order valence-corrected chi connectivity index (χ2v) is 6.87. The van der Waals surface area contributed by atoms with Crippen molar-refractivity contribution in [3.8, 4) is 0 Å². The van der Waals surface area contributed by atoms with Crippen LogP contribution in [-0.2, 0) is 0 Å². The molecule has 1 aliphatic rings. The van der Waals surface area contributed by atoms with Crippen LogP contribution < -0.4 is 5.32 Å². The van der Waals surface area contributed by atoms with Gasteiger partial charge >= 0.3 is 0 Å². The van der Waals surface area contributed by atoms with E-state index >= 15 is 0 Å². The molecule has 1 unspecified atom stereocenters. The van der Waals surface area contributed by atoms with Crippen LogP contribution in [0, 0.1) is 11.6 Å². The van der Waals surface area contributed by atoms with Crippen molar-refractivity contribution < 1.29 is 13.9 Å². The Morgan fingerprint density at radius 2 is 2.14 bits per heavy atom. The van der Waals surface area contributed by atoms with Crippen LogP contribution in [0.15, 0.2) is 23.1 Å². The number of hydrogen-bond donors (Lipinski definition) is 2. The van der Waals surface area contributed by atoms with Crippen molar-refractivity contribution >= 4 is 11.8 Å². The van der Waals surface area contributed by atoms with E-state index in [1.54, 1.807) is 0 Å². The first kappa shape index (κ1) is 16.7. The third-order valence-corrected chi connectivity index (χ3v) is 5.13. The highest BCUT2D eigenvalue weighted by Gasteiger charge is 2.33. The number of halogens is 2. The fourth-order valence-electron chi connectivity index (χ4n) is 2.43. The number of benzene rings is 1. The second kappa shape index (κ2) is 7.56. The lowest BCUT2D eigenvalue weighted by molar-refractivity contribution is 0.144. The molecule has 1 saturated carbocycles. The summed E-state index contributed by atoms with van der Waals surface area (Å²) in [5, 5.41) is 13.2. The molecule has 1 aromatic rings. The van der Waals surface area contributed by atoms with Crippen LogP contribution in [0.3, 0.4) is 0 Å². The zero-order chi connectivity index (χ0) is 15.3. The predicted octanol–water partition coefficient (Wildman–Crippen LogP) is 3.73.